The van der Waals surface area contributed by atoms with Gasteiger partial charge in [-0.1, -0.05) is 89.6 Å². The van der Waals surface area contributed by atoms with Crippen molar-refractivity contribution in [2.75, 3.05) is 10.6 Å². The molecule has 0 saturated heterocycles. The number of aromatic hydroxyl groups is 2. The lowest BCUT2D eigenvalue weighted by Gasteiger charge is -2.16. The SMILES string of the molecule is CC(O)c1cc(Cl)cc(NCc2ccccc2Sc2ccccc2)c1O.O=S(=O)(c1ccc(Cl)cc1)c1ccccc1CNc1ccc(F)c(F)c1O. The van der Waals surface area contributed by atoms with Gasteiger partial charge in [-0.2, -0.15) is 4.39 Å². The molecule has 6 rings (SSSR count). The molecule has 0 heterocycles. The minimum absolute atomic E-state index is 0.0255. The number of halogens is 4. The van der Waals surface area contributed by atoms with Crippen LogP contribution in [0.2, 0.25) is 10.0 Å². The Morgan fingerprint density at radius 2 is 1.30 bits per heavy atom. The summed E-state index contributed by atoms with van der Waals surface area (Å²) in [5.74, 6) is -3.39. The van der Waals surface area contributed by atoms with Crippen LogP contribution in [0.3, 0.4) is 0 Å². The van der Waals surface area contributed by atoms with Crippen molar-refractivity contribution in [3.05, 3.63) is 166 Å². The fourth-order valence-corrected chi connectivity index (χ4v) is 7.96. The number of aliphatic hydroxyl groups is 1. The van der Waals surface area contributed by atoms with Crippen LogP contribution >= 0.6 is 35.0 Å². The highest BCUT2D eigenvalue weighted by molar-refractivity contribution is 7.99. The van der Waals surface area contributed by atoms with Gasteiger partial charge in [-0.25, -0.2) is 12.8 Å². The van der Waals surface area contributed by atoms with Crippen molar-refractivity contribution in [3.63, 3.8) is 0 Å². The molecule has 0 aromatic heterocycles. The molecule has 6 aromatic carbocycles. The average Bonchev–Trinajstić information content (AvgIpc) is 3.15. The van der Waals surface area contributed by atoms with Crippen LogP contribution < -0.4 is 10.6 Å². The molecule has 13 heteroatoms. The second kappa shape index (κ2) is 17.8. The molecule has 1 unspecified atom stereocenters. The zero-order valence-electron chi connectivity index (χ0n) is 28.1. The number of hydrogen-bond donors (Lipinski definition) is 5. The summed E-state index contributed by atoms with van der Waals surface area (Å²) in [6.07, 6.45) is -0.796. The van der Waals surface area contributed by atoms with Gasteiger partial charge >= 0.3 is 0 Å². The van der Waals surface area contributed by atoms with Gasteiger partial charge in [0.1, 0.15) is 5.75 Å². The third-order valence-electron chi connectivity index (χ3n) is 7.89. The summed E-state index contributed by atoms with van der Waals surface area (Å²) in [6.45, 7) is 2.10. The first-order chi connectivity index (χ1) is 25.3. The molecule has 0 amide bonds. The van der Waals surface area contributed by atoms with E-state index in [0.29, 0.717) is 33.4 Å². The molecule has 5 N–H and O–H groups in total. The molecule has 0 spiro atoms. The number of anilines is 2. The predicted molar refractivity (Wildman–Crippen MR) is 207 cm³/mol. The van der Waals surface area contributed by atoms with Crippen LogP contribution in [-0.4, -0.2) is 23.7 Å². The number of rotatable bonds is 11. The van der Waals surface area contributed by atoms with Crippen LogP contribution in [0.4, 0.5) is 20.2 Å². The standard InChI is InChI=1S/C21H20ClNO2S.C19H14ClF2NO3S/c1-14(24)18-11-16(22)12-19(21(18)25)23-13-15-7-5-6-10-20(15)26-17-8-3-2-4-9-17;20-13-5-7-14(8-6-13)27(25,26)17-4-2-1-3-12(17)11-23-16-10-9-15(21)18(22)19(16)24/h2-12,14,23-25H,13H2,1H3;1-10,23-24H,11H2. The van der Waals surface area contributed by atoms with Crippen LogP contribution in [0.5, 0.6) is 11.5 Å². The summed E-state index contributed by atoms with van der Waals surface area (Å²) in [5, 5.41) is 36.7. The highest BCUT2D eigenvalue weighted by Gasteiger charge is 2.21. The molecule has 0 aliphatic carbocycles. The van der Waals surface area contributed by atoms with Gasteiger partial charge in [-0.3, -0.25) is 0 Å². The third kappa shape index (κ3) is 10.0. The number of aliphatic hydroxyl groups excluding tert-OH is 1. The second-order valence-corrected chi connectivity index (χ2v) is 15.5. The Hall–Kier alpha value is -4.78. The van der Waals surface area contributed by atoms with Gasteiger partial charge in [0.25, 0.3) is 0 Å². The topological polar surface area (TPSA) is 119 Å². The Morgan fingerprint density at radius 1 is 0.698 bits per heavy atom. The van der Waals surface area contributed by atoms with E-state index in [-0.39, 0.29) is 27.8 Å². The fourth-order valence-electron chi connectivity index (χ4n) is 5.15. The van der Waals surface area contributed by atoms with Gasteiger partial charge in [0.15, 0.2) is 11.6 Å². The van der Waals surface area contributed by atoms with Crippen LogP contribution in [0.1, 0.15) is 29.7 Å². The summed E-state index contributed by atoms with van der Waals surface area (Å²) in [7, 11) is -3.81. The Kier molecular flexibility index (Phi) is 13.3. The second-order valence-electron chi connectivity index (χ2n) is 11.6. The molecule has 0 fully saturated rings. The highest BCUT2D eigenvalue weighted by atomic mass is 35.5. The lowest BCUT2D eigenvalue weighted by Crippen LogP contribution is -2.09. The molecule has 6 aromatic rings. The molecule has 0 saturated carbocycles. The number of phenols is 2. The summed E-state index contributed by atoms with van der Waals surface area (Å²) in [4.78, 5) is 2.45. The van der Waals surface area contributed by atoms with Crippen LogP contribution in [-0.2, 0) is 22.9 Å². The maximum Gasteiger partial charge on any atom is 0.206 e. The molecule has 53 heavy (non-hydrogen) atoms. The first-order valence-electron chi connectivity index (χ1n) is 16.1. The van der Waals surface area contributed by atoms with E-state index in [0.717, 1.165) is 16.5 Å². The Bertz CT molecular complexity index is 2300. The molecular weight excluding hydrogens is 761 g/mol. The van der Waals surface area contributed by atoms with Gasteiger partial charge < -0.3 is 26.0 Å². The number of benzene rings is 6. The van der Waals surface area contributed by atoms with E-state index in [1.54, 1.807) is 49.0 Å². The molecule has 0 aliphatic rings. The van der Waals surface area contributed by atoms with E-state index in [4.69, 9.17) is 23.2 Å². The first kappa shape index (κ1) is 39.4. The number of phenolic OH excluding ortho intramolecular Hbond substituents is 2. The van der Waals surface area contributed by atoms with Gasteiger partial charge in [-0.15, -0.1) is 0 Å². The van der Waals surface area contributed by atoms with Gasteiger partial charge in [0.05, 0.1) is 27.3 Å². The average molecular weight is 796 g/mol. The van der Waals surface area contributed by atoms with E-state index in [1.807, 2.05) is 30.3 Å². The Morgan fingerprint density at radius 3 is 2.00 bits per heavy atom. The summed E-state index contributed by atoms with van der Waals surface area (Å²) < 4.78 is 52.4. The normalized spacial score (nSPS) is 11.7. The van der Waals surface area contributed by atoms with Gasteiger partial charge in [0, 0.05) is 38.5 Å². The zero-order valence-corrected chi connectivity index (χ0v) is 31.2. The van der Waals surface area contributed by atoms with Crippen molar-refractivity contribution in [1.29, 1.82) is 0 Å². The van der Waals surface area contributed by atoms with E-state index in [1.165, 1.54) is 41.3 Å². The highest BCUT2D eigenvalue weighted by Crippen LogP contribution is 2.37. The van der Waals surface area contributed by atoms with Crippen molar-refractivity contribution < 1.29 is 32.5 Å². The van der Waals surface area contributed by atoms with Crippen molar-refractivity contribution in [2.24, 2.45) is 0 Å². The van der Waals surface area contributed by atoms with Crippen molar-refractivity contribution in [1.82, 2.24) is 0 Å². The van der Waals surface area contributed by atoms with Crippen molar-refractivity contribution >= 4 is 56.2 Å². The monoisotopic (exact) mass is 794 g/mol. The minimum Gasteiger partial charge on any atom is -0.505 e. The number of nitrogens with one attached hydrogen (secondary N) is 2. The molecule has 0 bridgehead atoms. The van der Waals surface area contributed by atoms with E-state index >= 15 is 0 Å². The Labute approximate surface area is 320 Å². The molecule has 274 valence electrons. The van der Waals surface area contributed by atoms with Gasteiger partial charge in [0.2, 0.25) is 15.7 Å². The molecule has 0 aliphatic heterocycles. The lowest BCUT2D eigenvalue weighted by atomic mass is 10.1. The maximum atomic E-state index is 13.5. The van der Waals surface area contributed by atoms with Gasteiger partial charge in [-0.05, 0) is 90.8 Å². The summed E-state index contributed by atoms with van der Waals surface area (Å²) in [5.41, 5.74) is 2.38. The molecular formula is C40H34Cl2F2N2O5S2. The maximum absolute atomic E-state index is 13.5. The largest absolute Gasteiger partial charge is 0.505 e. The van der Waals surface area contributed by atoms with E-state index in [9.17, 15) is 32.5 Å². The van der Waals surface area contributed by atoms with Crippen molar-refractivity contribution in [3.8, 4) is 11.5 Å². The minimum atomic E-state index is -3.81. The third-order valence-corrected chi connectivity index (χ3v) is 11.4. The number of hydrogen-bond acceptors (Lipinski definition) is 8. The lowest BCUT2D eigenvalue weighted by molar-refractivity contribution is 0.195. The molecule has 7 nitrogen and oxygen atoms in total. The summed E-state index contributed by atoms with van der Waals surface area (Å²) in [6, 6.07) is 35.7. The fraction of sp³-hybridized carbons (Fsp3) is 0.100. The van der Waals surface area contributed by atoms with E-state index < -0.39 is 33.3 Å². The molecule has 1 atom stereocenters. The number of sulfone groups is 1. The quantitative estimate of drug-likeness (QED) is 0.0823. The van der Waals surface area contributed by atoms with Crippen LogP contribution in [0, 0.1) is 11.6 Å². The van der Waals surface area contributed by atoms with E-state index in [2.05, 4.69) is 34.9 Å². The Balaban J connectivity index is 0.000000204. The zero-order chi connectivity index (χ0) is 38.1. The van der Waals surface area contributed by atoms with Crippen molar-refractivity contribution in [2.45, 2.75) is 45.7 Å². The van der Waals surface area contributed by atoms with Crippen LogP contribution in [0.15, 0.2) is 147 Å². The smallest absolute Gasteiger partial charge is 0.206 e. The first-order valence-corrected chi connectivity index (χ1v) is 19.1. The summed E-state index contributed by atoms with van der Waals surface area (Å²) >= 11 is 13.6. The predicted octanol–water partition coefficient (Wildman–Crippen LogP) is 10.6. The molecule has 0 radical (unpaired) electrons. The van der Waals surface area contributed by atoms with Crippen LogP contribution in [0.25, 0.3) is 0 Å².